The van der Waals surface area contributed by atoms with Crippen LogP contribution in [0.2, 0.25) is 0 Å². The maximum Gasteiger partial charge on any atom is 0.107 e. The SMILES string of the molecule is Nc1ccc(N)c2c1CC(O)C2O. The molecule has 1 aliphatic rings. The first-order valence-electron chi connectivity index (χ1n) is 4.14. The van der Waals surface area contributed by atoms with Gasteiger partial charge in [0.05, 0.1) is 6.10 Å². The van der Waals surface area contributed by atoms with Gasteiger partial charge >= 0.3 is 0 Å². The normalized spacial score (nSPS) is 26.0. The topological polar surface area (TPSA) is 92.5 Å². The predicted octanol–water partition coefficient (Wildman–Crippen LogP) is -0.199. The lowest BCUT2D eigenvalue weighted by atomic mass is 10.1. The molecular weight excluding hydrogens is 168 g/mol. The molecule has 2 atom stereocenters. The van der Waals surface area contributed by atoms with E-state index in [0.29, 0.717) is 23.4 Å². The van der Waals surface area contributed by atoms with E-state index < -0.39 is 12.2 Å². The summed E-state index contributed by atoms with van der Waals surface area (Å²) in [7, 11) is 0. The van der Waals surface area contributed by atoms with Crippen LogP contribution in [0.3, 0.4) is 0 Å². The van der Waals surface area contributed by atoms with Crippen LogP contribution in [-0.4, -0.2) is 16.3 Å². The number of hydrogen-bond donors (Lipinski definition) is 4. The van der Waals surface area contributed by atoms with E-state index in [-0.39, 0.29) is 0 Å². The van der Waals surface area contributed by atoms with E-state index in [1.807, 2.05) is 0 Å². The van der Waals surface area contributed by atoms with E-state index in [0.717, 1.165) is 5.56 Å². The molecule has 0 heterocycles. The van der Waals surface area contributed by atoms with E-state index in [1.165, 1.54) is 0 Å². The largest absolute Gasteiger partial charge is 0.398 e. The van der Waals surface area contributed by atoms with E-state index in [2.05, 4.69) is 0 Å². The zero-order valence-corrected chi connectivity index (χ0v) is 7.07. The van der Waals surface area contributed by atoms with Crippen LogP contribution in [0.25, 0.3) is 0 Å². The summed E-state index contributed by atoms with van der Waals surface area (Å²) in [6, 6.07) is 3.34. The fourth-order valence-electron chi connectivity index (χ4n) is 1.79. The lowest BCUT2D eigenvalue weighted by Crippen LogP contribution is -2.12. The first kappa shape index (κ1) is 8.34. The molecule has 2 unspecified atom stereocenters. The summed E-state index contributed by atoms with van der Waals surface area (Å²) in [5.74, 6) is 0. The van der Waals surface area contributed by atoms with E-state index >= 15 is 0 Å². The smallest absolute Gasteiger partial charge is 0.107 e. The maximum atomic E-state index is 9.57. The number of fused-ring (bicyclic) bond motifs is 1. The second-order valence-electron chi connectivity index (χ2n) is 3.35. The first-order valence-corrected chi connectivity index (χ1v) is 4.14. The van der Waals surface area contributed by atoms with Crippen molar-refractivity contribution >= 4 is 11.4 Å². The summed E-state index contributed by atoms with van der Waals surface area (Å²) >= 11 is 0. The number of anilines is 2. The van der Waals surface area contributed by atoms with Crippen LogP contribution in [0.5, 0.6) is 0 Å². The maximum absolute atomic E-state index is 9.57. The number of aliphatic hydroxyl groups excluding tert-OH is 2. The Labute approximate surface area is 75.8 Å². The molecule has 4 heteroatoms. The average molecular weight is 180 g/mol. The molecule has 0 aromatic heterocycles. The molecule has 0 saturated heterocycles. The van der Waals surface area contributed by atoms with Gasteiger partial charge in [-0.05, 0) is 17.7 Å². The van der Waals surface area contributed by atoms with Crippen molar-refractivity contribution in [1.29, 1.82) is 0 Å². The third-order valence-corrected chi connectivity index (χ3v) is 2.50. The van der Waals surface area contributed by atoms with Crippen molar-refractivity contribution in [3.8, 4) is 0 Å². The second-order valence-corrected chi connectivity index (χ2v) is 3.35. The Morgan fingerprint density at radius 2 is 1.77 bits per heavy atom. The van der Waals surface area contributed by atoms with Gasteiger partial charge in [-0.2, -0.15) is 0 Å². The number of benzene rings is 1. The highest BCUT2D eigenvalue weighted by molar-refractivity contribution is 5.65. The Morgan fingerprint density at radius 3 is 2.38 bits per heavy atom. The zero-order chi connectivity index (χ0) is 9.59. The highest BCUT2D eigenvalue weighted by atomic mass is 16.3. The van der Waals surface area contributed by atoms with Crippen molar-refractivity contribution in [2.75, 3.05) is 11.5 Å². The lowest BCUT2D eigenvalue weighted by Gasteiger charge is -2.10. The van der Waals surface area contributed by atoms with Crippen LogP contribution >= 0.6 is 0 Å². The molecule has 70 valence electrons. The van der Waals surface area contributed by atoms with Gasteiger partial charge in [-0.25, -0.2) is 0 Å². The summed E-state index contributed by atoms with van der Waals surface area (Å²) in [5, 5.41) is 19.0. The van der Waals surface area contributed by atoms with Crippen molar-refractivity contribution in [3.05, 3.63) is 23.3 Å². The van der Waals surface area contributed by atoms with Crippen molar-refractivity contribution < 1.29 is 10.2 Å². The first-order chi connectivity index (χ1) is 6.11. The van der Waals surface area contributed by atoms with Gasteiger partial charge in [0.15, 0.2) is 0 Å². The van der Waals surface area contributed by atoms with Crippen molar-refractivity contribution in [1.82, 2.24) is 0 Å². The Morgan fingerprint density at radius 1 is 1.15 bits per heavy atom. The van der Waals surface area contributed by atoms with E-state index in [1.54, 1.807) is 12.1 Å². The number of hydrogen-bond acceptors (Lipinski definition) is 4. The van der Waals surface area contributed by atoms with Crippen LogP contribution in [0, 0.1) is 0 Å². The molecule has 6 N–H and O–H groups in total. The van der Waals surface area contributed by atoms with Crippen molar-refractivity contribution in [2.24, 2.45) is 0 Å². The Kier molecular flexibility index (Phi) is 1.68. The van der Waals surface area contributed by atoms with Crippen LogP contribution in [0.1, 0.15) is 17.2 Å². The van der Waals surface area contributed by atoms with Gasteiger partial charge in [-0.15, -0.1) is 0 Å². The Balaban J connectivity index is 2.61. The van der Waals surface area contributed by atoms with Crippen molar-refractivity contribution in [3.63, 3.8) is 0 Å². The molecule has 0 amide bonds. The molecule has 1 aliphatic carbocycles. The number of rotatable bonds is 0. The number of aliphatic hydroxyl groups is 2. The summed E-state index contributed by atoms with van der Waals surface area (Å²) in [4.78, 5) is 0. The molecule has 0 saturated carbocycles. The molecule has 1 aromatic carbocycles. The van der Waals surface area contributed by atoms with Gasteiger partial charge in [0.2, 0.25) is 0 Å². The van der Waals surface area contributed by atoms with Gasteiger partial charge in [-0.3, -0.25) is 0 Å². The molecule has 0 radical (unpaired) electrons. The Hall–Kier alpha value is -1.26. The summed E-state index contributed by atoms with van der Waals surface area (Å²) in [5.41, 5.74) is 13.8. The van der Waals surface area contributed by atoms with Crippen LogP contribution in [0.15, 0.2) is 12.1 Å². The third-order valence-electron chi connectivity index (χ3n) is 2.50. The highest BCUT2D eigenvalue weighted by Crippen LogP contribution is 2.38. The lowest BCUT2D eigenvalue weighted by molar-refractivity contribution is 0.0330. The average Bonchev–Trinajstić information content (AvgIpc) is 2.38. The summed E-state index contributed by atoms with van der Waals surface area (Å²) < 4.78 is 0. The predicted molar refractivity (Wildman–Crippen MR) is 49.9 cm³/mol. The molecule has 2 rings (SSSR count). The fourth-order valence-corrected chi connectivity index (χ4v) is 1.79. The molecule has 0 spiro atoms. The van der Waals surface area contributed by atoms with E-state index in [9.17, 15) is 10.2 Å². The van der Waals surface area contributed by atoms with Gasteiger partial charge in [0.1, 0.15) is 6.10 Å². The quantitative estimate of drug-likeness (QED) is 0.416. The summed E-state index contributed by atoms with van der Waals surface area (Å²) in [6.45, 7) is 0. The van der Waals surface area contributed by atoms with E-state index in [4.69, 9.17) is 11.5 Å². The zero-order valence-electron chi connectivity index (χ0n) is 7.07. The third kappa shape index (κ3) is 1.07. The Bertz CT molecular complexity index is 352. The van der Waals surface area contributed by atoms with Crippen LogP contribution < -0.4 is 11.5 Å². The molecule has 4 nitrogen and oxygen atoms in total. The monoisotopic (exact) mass is 180 g/mol. The molecular formula is C9H12N2O2. The molecule has 0 fully saturated rings. The molecule has 13 heavy (non-hydrogen) atoms. The second kappa shape index (κ2) is 2.61. The fraction of sp³-hybridized carbons (Fsp3) is 0.333. The van der Waals surface area contributed by atoms with Gasteiger partial charge in [0.25, 0.3) is 0 Å². The van der Waals surface area contributed by atoms with Gasteiger partial charge < -0.3 is 21.7 Å². The summed E-state index contributed by atoms with van der Waals surface area (Å²) in [6.07, 6.45) is -1.28. The standard InChI is InChI=1S/C9H12N2O2/c10-5-1-2-6(11)8-4(5)3-7(12)9(8)13/h1-2,7,9,12-13H,3,10-11H2. The number of nitrogen functional groups attached to an aromatic ring is 2. The molecule has 0 aliphatic heterocycles. The highest BCUT2D eigenvalue weighted by Gasteiger charge is 2.32. The van der Waals surface area contributed by atoms with Gasteiger partial charge in [-0.1, -0.05) is 0 Å². The van der Waals surface area contributed by atoms with Crippen LogP contribution in [0.4, 0.5) is 11.4 Å². The number of nitrogens with two attached hydrogens (primary N) is 2. The van der Waals surface area contributed by atoms with Crippen molar-refractivity contribution in [2.45, 2.75) is 18.6 Å². The minimum atomic E-state index is -0.890. The minimum absolute atomic E-state index is 0.382. The minimum Gasteiger partial charge on any atom is -0.398 e. The molecule has 1 aromatic rings. The van der Waals surface area contributed by atoms with Gasteiger partial charge in [0, 0.05) is 23.4 Å². The molecule has 0 bridgehead atoms. The van der Waals surface area contributed by atoms with Crippen LogP contribution in [-0.2, 0) is 6.42 Å².